The molecule has 0 aromatic heterocycles. The average Bonchev–Trinajstić information content (AvgIpc) is 2.28. The number of amides is 1. The van der Waals surface area contributed by atoms with Crippen molar-refractivity contribution in [2.24, 2.45) is 0 Å². The van der Waals surface area contributed by atoms with Gasteiger partial charge in [0.2, 0.25) is 5.91 Å². The number of carbonyl (C=O) groups is 1. The van der Waals surface area contributed by atoms with Crippen molar-refractivity contribution in [2.75, 3.05) is 19.7 Å². The van der Waals surface area contributed by atoms with Crippen molar-refractivity contribution in [1.29, 1.82) is 0 Å². The van der Waals surface area contributed by atoms with Crippen LogP contribution >= 0.6 is 0 Å². The van der Waals surface area contributed by atoms with Crippen LogP contribution in [0, 0.1) is 5.82 Å². The van der Waals surface area contributed by atoms with Crippen molar-refractivity contribution >= 4 is 5.91 Å². The third-order valence-electron chi connectivity index (χ3n) is 2.81. The molecule has 0 atom stereocenters. The number of benzene rings is 1. The lowest BCUT2D eigenvalue weighted by Crippen LogP contribution is -2.61. The van der Waals surface area contributed by atoms with Gasteiger partial charge >= 0.3 is 0 Å². The van der Waals surface area contributed by atoms with E-state index in [2.05, 4.69) is 0 Å². The van der Waals surface area contributed by atoms with E-state index in [-0.39, 0.29) is 24.8 Å². The highest BCUT2D eigenvalue weighted by molar-refractivity contribution is 5.77. The van der Waals surface area contributed by atoms with E-state index in [9.17, 15) is 14.3 Å². The van der Waals surface area contributed by atoms with E-state index >= 15 is 0 Å². The predicted molar refractivity (Wildman–Crippen MR) is 63.7 cm³/mol. The minimum Gasteiger partial charge on any atom is -0.493 e. The maximum Gasteiger partial charge on any atom is 0.226 e. The summed E-state index contributed by atoms with van der Waals surface area (Å²) in [4.78, 5) is 13.2. The SMILES string of the molecule is CC1(O)CN(C(=O)CCOc2ccc(F)cc2)C1. The van der Waals surface area contributed by atoms with Crippen molar-refractivity contribution in [3.05, 3.63) is 30.1 Å². The zero-order chi connectivity index (χ0) is 13.2. The molecule has 1 heterocycles. The van der Waals surface area contributed by atoms with Gasteiger partial charge in [-0.1, -0.05) is 0 Å². The number of ether oxygens (including phenoxy) is 1. The molecule has 1 aromatic carbocycles. The third kappa shape index (κ3) is 3.20. The Bertz CT molecular complexity index is 422. The first-order chi connectivity index (χ1) is 8.46. The van der Waals surface area contributed by atoms with Crippen molar-refractivity contribution < 1.29 is 19.0 Å². The van der Waals surface area contributed by atoms with E-state index in [4.69, 9.17) is 4.74 Å². The molecule has 1 saturated heterocycles. The van der Waals surface area contributed by atoms with Crippen LogP contribution in [0.25, 0.3) is 0 Å². The Morgan fingerprint density at radius 3 is 2.61 bits per heavy atom. The van der Waals surface area contributed by atoms with E-state index in [1.807, 2.05) is 0 Å². The highest BCUT2D eigenvalue weighted by atomic mass is 19.1. The van der Waals surface area contributed by atoms with Crippen LogP contribution in [0.3, 0.4) is 0 Å². The molecule has 0 radical (unpaired) electrons. The Kier molecular flexibility index (Phi) is 3.52. The second kappa shape index (κ2) is 4.94. The van der Waals surface area contributed by atoms with Gasteiger partial charge in [0.25, 0.3) is 0 Å². The molecule has 1 aliphatic rings. The lowest BCUT2D eigenvalue weighted by molar-refractivity contribution is -0.152. The van der Waals surface area contributed by atoms with Gasteiger partial charge in [-0.2, -0.15) is 0 Å². The fourth-order valence-electron chi connectivity index (χ4n) is 1.90. The summed E-state index contributed by atoms with van der Waals surface area (Å²) in [5.41, 5.74) is -0.743. The lowest BCUT2D eigenvalue weighted by Gasteiger charge is -2.44. The van der Waals surface area contributed by atoms with Gasteiger partial charge in [-0.05, 0) is 31.2 Å². The Labute approximate surface area is 105 Å². The van der Waals surface area contributed by atoms with E-state index < -0.39 is 5.60 Å². The number of hydrogen-bond donors (Lipinski definition) is 1. The molecular formula is C13H16FNO3. The topological polar surface area (TPSA) is 49.8 Å². The van der Waals surface area contributed by atoms with Crippen molar-refractivity contribution in [3.63, 3.8) is 0 Å². The summed E-state index contributed by atoms with van der Waals surface area (Å²) in [5, 5.41) is 9.50. The number of halogens is 1. The summed E-state index contributed by atoms with van der Waals surface area (Å²) >= 11 is 0. The second-order valence-corrected chi connectivity index (χ2v) is 4.80. The lowest BCUT2D eigenvalue weighted by atomic mass is 9.97. The number of β-amino-alcohol motifs (C(OH)–C–C–N with tert-alkyl or cyclic N) is 1. The van der Waals surface area contributed by atoms with Gasteiger partial charge in [0.1, 0.15) is 11.6 Å². The molecule has 0 unspecified atom stereocenters. The first-order valence-corrected chi connectivity index (χ1v) is 5.85. The monoisotopic (exact) mass is 253 g/mol. The fourth-order valence-corrected chi connectivity index (χ4v) is 1.90. The molecule has 1 fully saturated rings. The zero-order valence-corrected chi connectivity index (χ0v) is 10.2. The Morgan fingerprint density at radius 2 is 2.06 bits per heavy atom. The minimum atomic E-state index is -0.743. The van der Waals surface area contributed by atoms with Crippen LogP contribution in [0.15, 0.2) is 24.3 Å². The van der Waals surface area contributed by atoms with Crippen LogP contribution in [-0.2, 0) is 4.79 Å². The van der Waals surface area contributed by atoms with Crippen LogP contribution in [0.4, 0.5) is 4.39 Å². The quantitative estimate of drug-likeness (QED) is 0.876. The molecule has 0 aliphatic carbocycles. The van der Waals surface area contributed by atoms with E-state index in [0.29, 0.717) is 18.8 Å². The Balaban J connectivity index is 1.69. The smallest absolute Gasteiger partial charge is 0.226 e. The van der Waals surface area contributed by atoms with E-state index in [1.165, 1.54) is 24.3 Å². The number of carbonyl (C=O) groups excluding carboxylic acids is 1. The van der Waals surface area contributed by atoms with Gasteiger partial charge in [0, 0.05) is 0 Å². The van der Waals surface area contributed by atoms with Crippen molar-refractivity contribution in [3.8, 4) is 5.75 Å². The minimum absolute atomic E-state index is 0.0383. The highest BCUT2D eigenvalue weighted by Gasteiger charge is 2.38. The summed E-state index contributed by atoms with van der Waals surface area (Å²) in [6.45, 7) is 2.71. The number of rotatable bonds is 4. The summed E-state index contributed by atoms with van der Waals surface area (Å²) in [6.07, 6.45) is 0.257. The van der Waals surface area contributed by atoms with Gasteiger partial charge in [0.05, 0.1) is 31.7 Å². The first kappa shape index (κ1) is 12.8. The van der Waals surface area contributed by atoms with Gasteiger partial charge < -0.3 is 14.7 Å². The zero-order valence-electron chi connectivity index (χ0n) is 10.2. The molecule has 18 heavy (non-hydrogen) atoms. The number of nitrogens with zero attached hydrogens (tertiary/aromatic N) is 1. The first-order valence-electron chi connectivity index (χ1n) is 5.85. The van der Waals surface area contributed by atoms with Gasteiger partial charge in [-0.15, -0.1) is 0 Å². The van der Waals surface area contributed by atoms with Crippen LogP contribution in [0.5, 0.6) is 5.75 Å². The van der Waals surface area contributed by atoms with Crippen LogP contribution in [0.2, 0.25) is 0 Å². The normalized spacial score (nSPS) is 17.2. The van der Waals surface area contributed by atoms with E-state index in [0.717, 1.165) is 0 Å². The molecule has 4 nitrogen and oxygen atoms in total. The molecule has 0 bridgehead atoms. The summed E-state index contributed by atoms with van der Waals surface area (Å²) in [5.74, 6) is 0.185. The summed E-state index contributed by atoms with van der Waals surface area (Å²) in [6, 6.07) is 5.66. The summed E-state index contributed by atoms with van der Waals surface area (Å²) in [7, 11) is 0. The molecule has 98 valence electrons. The fraction of sp³-hybridized carbons (Fsp3) is 0.462. The molecule has 5 heteroatoms. The molecule has 0 spiro atoms. The van der Waals surface area contributed by atoms with Gasteiger partial charge in [-0.25, -0.2) is 4.39 Å². The van der Waals surface area contributed by atoms with Crippen LogP contribution in [0.1, 0.15) is 13.3 Å². The number of hydrogen-bond acceptors (Lipinski definition) is 3. The molecule has 1 aromatic rings. The maximum absolute atomic E-state index is 12.6. The average molecular weight is 253 g/mol. The number of aliphatic hydroxyl groups is 1. The molecule has 0 saturated carbocycles. The molecule has 2 rings (SSSR count). The molecule has 1 N–H and O–H groups in total. The molecular weight excluding hydrogens is 237 g/mol. The summed E-state index contributed by atoms with van der Waals surface area (Å²) < 4.78 is 18.0. The number of likely N-dealkylation sites (tertiary alicyclic amines) is 1. The van der Waals surface area contributed by atoms with Gasteiger partial charge in [0.15, 0.2) is 0 Å². The molecule has 1 aliphatic heterocycles. The largest absolute Gasteiger partial charge is 0.493 e. The van der Waals surface area contributed by atoms with Crippen LogP contribution < -0.4 is 4.74 Å². The van der Waals surface area contributed by atoms with Gasteiger partial charge in [-0.3, -0.25) is 4.79 Å². The third-order valence-corrected chi connectivity index (χ3v) is 2.81. The molecule has 1 amide bonds. The second-order valence-electron chi connectivity index (χ2n) is 4.80. The van der Waals surface area contributed by atoms with Crippen molar-refractivity contribution in [2.45, 2.75) is 18.9 Å². The van der Waals surface area contributed by atoms with Crippen molar-refractivity contribution in [1.82, 2.24) is 4.90 Å². The Hall–Kier alpha value is -1.62. The maximum atomic E-state index is 12.6. The Morgan fingerprint density at radius 1 is 1.44 bits per heavy atom. The highest BCUT2D eigenvalue weighted by Crippen LogP contribution is 2.20. The predicted octanol–water partition coefficient (Wildman–Crippen LogP) is 1.19. The van der Waals surface area contributed by atoms with E-state index in [1.54, 1.807) is 11.8 Å². The van der Waals surface area contributed by atoms with Crippen LogP contribution in [-0.4, -0.2) is 41.2 Å². The standard InChI is InChI=1S/C13H16FNO3/c1-13(17)8-15(9-13)12(16)6-7-18-11-4-2-10(14)3-5-11/h2-5,17H,6-9H2,1H3.